The molecule has 1 atom stereocenters. The third kappa shape index (κ3) is 2.31. The Morgan fingerprint density at radius 2 is 2.11 bits per heavy atom. The van der Waals surface area contributed by atoms with Crippen LogP contribution in [0.4, 0.5) is 4.39 Å². The van der Waals surface area contributed by atoms with Gasteiger partial charge in [-0.05, 0) is 19.1 Å². The number of aryl methyl sites for hydroxylation is 1. The first-order valence-electron chi connectivity index (χ1n) is 5.51. The van der Waals surface area contributed by atoms with E-state index in [4.69, 9.17) is 10.5 Å². The van der Waals surface area contributed by atoms with Crippen LogP contribution < -0.4 is 10.5 Å². The predicted octanol–water partition coefficient (Wildman–Crippen LogP) is 1.98. The van der Waals surface area contributed by atoms with Crippen LogP contribution in [0.2, 0.25) is 0 Å². The zero-order chi connectivity index (χ0) is 13.1. The summed E-state index contributed by atoms with van der Waals surface area (Å²) in [7, 11) is 1.42. The van der Waals surface area contributed by atoms with Crippen LogP contribution in [0.1, 0.15) is 23.1 Å². The van der Waals surface area contributed by atoms with Crippen LogP contribution in [0.25, 0.3) is 0 Å². The molecule has 4 nitrogen and oxygen atoms in total. The van der Waals surface area contributed by atoms with E-state index in [0.717, 1.165) is 0 Å². The minimum atomic E-state index is -0.637. The number of hydrogen-bond acceptors (Lipinski definition) is 4. The summed E-state index contributed by atoms with van der Waals surface area (Å²) in [5.74, 6) is 0.323. The molecule has 0 spiro atoms. The molecule has 0 saturated carbocycles. The zero-order valence-corrected chi connectivity index (χ0v) is 10.2. The number of methoxy groups -OCH3 is 1. The van der Waals surface area contributed by atoms with Gasteiger partial charge in [0.05, 0.1) is 18.8 Å². The Kier molecular flexibility index (Phi) is 3.53. The summed E-state index contributed by atoms with van der Waals surface area (Å²) >= 11 is 0. The fourth-order valence-electron chi connectivity index (χ4n) is 1.73. The molecule has 1 heterocycles. The van der Waals surface area contributed by atoms with Crippen molar-refractivity contribution < 1.29 is 9.13 Å². The van der Waals surface area contributed by atoms with Crippen molar-refractivity contribution in [3.63, 3.8) is 0 Å². The second-order valence-corrected chi connectivity index (χ2v) is 3.87. The van der Waals surface area contributed by atoms with Crippen molar-refractivity contribution in [2.75, 3.05) is 7.11 Å². The third-order valence-corrected chi connectivity index (χ3v) is 2.66. The van der Waals surface area contributed by atoms with Crippen LogP contribution in [-0.4, -0.2) is 17.1 Å². The third-order valence-electron chi connectivity index (χ3n) is 2.66. The fourth-order valence-corrected chi connectivity index (χ4v) is 1.73. The summed E-state index contributed by atoms with van der Waals surface area (Å²) in [5.41, 5.74) is 6.96. The van der Waals surface area contributed by atoms with Gasteiger partial charge < -0.3 is 10.5 Å². The maximum atomic E-state index is 14.1. The number of benzene rings is 1. The summed E-state index contributed by atoms with van der Waals surface area (Å²) in [6.45, 7) is 1.76. The molecular weight excluding hydrogens is 233 g/mol. The first-order valence-corrected chi connectivity index (χ1v) is 5.51. The molecule has 1 aromatic carbocycles. The number of aromatic nitrogens is 2. The number of rotatable bonds is 3. The number of hydrogen-bond donors (Lipinski definition) is 1. The highest BCUT2D eigenvalue weighted by Gasteiger charge is 2.17. The molecule has 2 aromatic rings. The van der Waals surface area contributed by atoms with Gasteiger partial charge in [-0.15, -0.1) is 0 Å². The highest BCUT2D eigenvalue weighted by molar-refractivity contribution is 5.36. The second kappa shape index (κ2) is 5.10. The molecule has 1 unspecified atom stereocenters. The Labute approximate surface area is 105 Å². The van der Waals surface area contributed by atoms with Crippen molar-refractivity contribution in [1.29, 1.82) is 0 Å². The molecule has 94 valence electrons. The van der Waals surface area contributed by atoms with E-state index in [9.17, 15) is 4.39 Å². The van der Waals surface area contributed by atoms with Gasteiger partial charge in [-0.3, -0.25) is 0 Å². The average Bonchev–Trinajstić information content (AvgIpc) is 2.38. The van der Waals surface area contributed by atoms with Gasteiger partial charge >= 0.3 is 0 Å². The fraction of sp³-hybridized carbons (Fsp3) is 0.231. The predicted molar refractivity (Wildman–Crippen MR) is 65.8 cm³/mol. The first-order chi connectivity index (χ1) is 8.63. The molecule has 0 fully saturated rings. The van der Waals surface area contributed by atoms with E-state index < -0.39 is 11.9 Å². The Bertz CT molecular complexity index is 560. The number of ether oxygens (including phenoxy) is 1. The molecule has 1 aromatic heterocycles. The van der Waals surface area contributed by atoms with Crippen LogP contribution >= 0.6 is 0 Å². The van der Waals surface area contributed by atoms with Gasteiger partial charge in [0, 0.05) is 11.8 Å². The lowest BCUT2D eigenvalue weighted by atomic mass is 10.0. The van der Waals surface area contributed by atoms with Crippen molar-refractivity contribution in [1.82, 2.24) is 9.97 Å². The average molecular weight is 247 g/mol. The first kappa shape index (κ1) is 12.4. The van der Waals surface area contributed by atoms with Crippen LogP contribution in [0.3, 0.4) is 0 Å². The lowest BCUT2D eigenvalue weighted by Gasteiger charge is -2.14. The smallest absolute Gasteiger partial charge is 0.170 e. The molecular formula is C13H14FN3O. The van der Waals surface area contributed by atoms with E-state index in [1.165, 1.54) is 7.11 Å². The number of nitrogens with two attached hydrogens (primary N) is 1. The van der Waals surface area contributed by atoms with Crippen LogP contribution in [0.5, 0.6) is 5.75 Å². The standard InChI is InChI=1S/C13H14FN3O/c1-8-16-7-6-10(17-8)13(15)9-4-3-5-11(18-2)12(9)14/h3-7,13H,15H2,1-2H3. The number of nitrogens with zero attached hydrogens (tertiary/aromatic N) is 2. The SMILES string of the molecule is COc1cccc(C(N)c2ccnc(C)n2)c1F. The summed E-state index contributed by atoms with van der Waals surface area (Å²) in [4.78, 5) is 8.19. The Morgan fingerprint density at radius 1 is 1.33 bits per heavy atom. The van der Waals surface area contributed by atoms with Gasteiger partial charge in [-0.25, -0.2) is 14.4 Å². The van der Waals surface area contributed by atoms with Gasteiger partial charge in [0.25, 0.3) is 0 Å². The van der Waals surface area contributed by atoms with Crippen molar-refractivity contribution >= 4 is 0 Å². The normalized spacial score (nSPS) is 12.2. The molecule has 0 aliphatic heterocycles. The Hall–Kier alpha value is -2.01. The Morgan fingerprint density at radius 3 is 2.78 bits per heavy atom. The largest absolute Gasteiger partial charge is 0.494 e. The summed E-state index contributed by atoms with van der Waals surface area (Å²) in [6.07, 6.45) is 1.61. The van der Waals surface area contributed by atoms with Crippen molar-refractivity contribution in [3.8, 4) is 5.75 Å². The summed E-state index contributed by atoms with van der Waals surface area (Å²) < 4.78 is 19.0. The van der Waals surface area contributed by atoms with Crippen molar-refractivity contribution in [3.05, 3.63) is 53.4 Å². The van der Waals surface area contributed by atoms with Crippen LogP contribution in [0, 0.1) is 12.7 Å². The highest BCUT2D eigenvalue weighted by atomic mass is 19.1. The maximum Gasteiger partial charge on any atom is 0.170 e. The molecule has 2 rings (SSSR count). The molecule has 0 amide bonds. The summed E-state index contributed by atoms with van der Waals surface area (Å²) in [5, 5.41) is 0. The second-order valence-electron chi connectivity index (χ2n) is 3.87. The molecule has 2 N–H and O–H groups in total. The zero-order valence-electron chi connectivity index (χ0n) is 10.2. The summed E-state index contributed by atoms with van der Waals surface area (Å²) in [6, 6.07) is 5.92. The van der Waals surface area contributed by atoms with Gasteiger partial charge in [0.15, 0.2) is 11.6 Å². The molecule has 0 saturated heterocycles. The molecule has 0 aliphatic carbocycles. The minimum absolute atomic E-state index is 0.175. The number of halogens is 1. The molecule has 18 heavy (non-hydrogen) atoms. The van der Waals surface area contributed by atoms with E-state index in [-0.39, 0.29) is 5.75 Å². The van der Waals surface area contributed by atoms with Crippen molar-refractivity contribution in [2.24, 2.45) is 5.73 Å². The van der Waals surface area contributed by atoms with Crippen molar-refractivity contribution in [2.45, 2.75) is 13.0 Å². The molecule has 0 radical (unpaired) electrons. The van der Waals surface area contributed by atoms with E-state index in [2.05, 4.69) is 9.97 Å². The quantitative estimate of drug-likeness (QED) is 0.900. The van der Waals surface area contributed by atoms with Crippen LogP contribution in [0.15, 0.2) is 30.5 Å². The minimum Gasteiger partial charge on any atom is -0.494 e. The monoisotopic (exact) mass is 247 g/mol. The van der Waals surface area contributed by atoms with E-state index in [0.29, 0.717) is 17.1 Å². The van der Waals surface area contributed by atoms with Crippen LogP contribution in [-0.2, 0) is 0 Å². The maximum absolute atomic E-state index is 14.1. The van der Waals surface area contributed by atoms with E-state index in [1.54, 1.807) is 37.4 Å². The lowest BCUT2D eigenvalue weighted by molar-refractivity contribution is 0.383. The Balaban J connectivity index is 2.43. The molecule has 5 heteroatoms. The van der Waals surface area contributed by atoms with E-state index >= 15 is 0 Å². The van der Waals surface area contributed by atoms with Gasteiger partial charge in [-0.2, -0.15) is 0 Å². The van der Waals surface area contributed by atoms with E-state index in [1.807, 2.05) is 0 Å². The highest BCUT2D eigenvalue weighted by Crippen LogP contribution is 2.26. The molecule has 0 aliphatic rings. The van der Waals surface area contributed by atoms with Gasteiger partial charge in [0.2, 0.25) is 0 Å². The lowest BCUT2D eigenvalue weighted by Crippen LogP contribution is -2.16. The topological polar surface area (TPSA) is 61.0 Å². The molecule has 0 bridgehead atoms. The van der Waals surface area contributed by atoms with Gasteiger partial charge in [0.1, 0.15) is 5.82 Å². The van der Waals surface area contributed by atoms with Gasteiger partial charge in [-0.1, -0.05) is 12.1 Å².